The fourth-order valence-electron chi connectivity index (χ4n) is 2.11. The average Bonchev–Trinajstić information content (AvgIpc) is 2.85. The van der Waals surface area contributed by atoms with E-state index in [1.165, 1.54) is 11.3 Å². The third-order valence-corrected chi connectivity index (χ3v) is 4.39. The standard InChI is InChI=1S/C17H11ClN2OS/c1-2-10-20-14-9-8-13(18)11-15(14)22-17(20)19-16(21)12-6-4-3-5-7-12/h1,3-9,11H,10H2. The normalized spacial score (nSPS) is 11.5. The molecule has 0 aliphatic heterocycles. The number of rotatable bonds is 2. The van der Waals surface area contributed by atoms with Gasteiger partial charge in [0.05, 0.1) is 16.8 Å². The van der Waals surface area contributed by atoms with Crippen LogP contribution in [0.2, 0.25) is 5.02 Å². The number of terminal acetylenes is 1. The summed E-state index contributed by atoms with van der Waals surface area (Å²) < 4.78 is 2.79. The SMILES string of the molecule is C#CCn1c(=NC(=O)c2ccccc2)sc2cc(Cl)ccc21. The summed E-state index contributed by atoms with van der Waals surface area (Å²) in [5, 5.41) is 0.641. The molecule has 22 heavy (non-hydrogen) atoms. The minimum Gasteiger partial charge on any atom is -0.305 e. The molecule has 0 unspecified atom stereocenters. The Morgan fingerprint density at radius 2 is 2.05 bits per heavy atom. The molecule has 1 aromatic heterocycles. The van der Waals surface area contributed by atoms with Gasteiger partial charge in [0, 0.05) is 10.6 Å². The molecule has 0 spiro atoms. The fraction of sp³-hybridized carbons (Fsp3) is 0.0588. The highest BCUT2D eigenvalue weighted by Crippen LogP contribution is 2.21. The second-order valence-electron chi connectivity index (χ2n) is 4.57. The van der Waals surface area contributed by atoms with Crippen molar-refractivity contribution < 1.29 is 4.79 Å². The molecule has 0 saturated carbocycles. The molecule has 3 rings (SSSR count). The summed E-state index contributed by atoms with van der Waals surface area (Å²) in [6, 6.07) is 14.5. The number of carbonyl (C=O) groups excluding carboxylic acids is 1. The molecule has 3 aromatic rings. The Morgan fingerprint density at radius 3 is 2.77 bits per heavy atom. The Hall–Kier alpha value is -2.35. The molecule has 0 aliphatic rings. The van der Waals surface area contributed by atoms with Crippen LogP contribution in [0.15, 0.2) is 53.5 Å². The van der Waals surface area contributed by atoms with Crippen LogP contribution < -0.4 is 4.80 Å². The number of halogens is 1. The molecule has 108 valence electrons. The lowest BCUT2D eigenvalue weighted by atomic mass is 10.2. The largest absolute Gasteiger partial charge is 0.305 e. The summed E-state index contributed by atoms with van der Waals surface area (Å²) in [4.78, 5) is 17.1. The van der Waals surface area contributed by atoms with Crippen molar-refractivity contribution in [1.29, 1.82) is 0 Å². The van der Waals surface area contributed by atoms with Crippen molar-refractivity contribution in [3.8, 4) is 12.3 Å². The maximum absolute atomic E-state index is 12.3. The van der Waals surface area contributed by atoms with Crippen LogP contribution in [-0.2, 0) is 6.54 Å². The van der Waals surface area contributed by atoms with Crippen LogP contribution in [0.4, 0.5) is 0 Å². The number of hydrogen-bond acceptors (Lipinski definition) is 2. The van der Waals surface area contributed by atoms with Gasteiger partial charge in [-0.2, -0.15) is 4.99 Å². The van der Waals surface area contributed by atoms with Gasteiger partial charge in [0.1, 0.15) is 0 Å². The number of hydrogen-bond donors (Lipinski definition) is 0. The van der Waals surface area contributed by atoms with Crippen molar-refractivity contribution in [1.82, 2.24) is 4.57 Å². The first-order valence-electron chi connectivity index (χ1n) is 6.55. The van der Waals surface area contributed by atoms with E-state index in [-0.39, 0.29) is 5.91 Å². The van der Waals surface area contributed by atoms with E-state index in [2.05, 4.69) is 10.9 Å². The van der Waals surface area contributed by atoms with Gasteiger partial charge in [-0.25, -0.2) is 0 Å². The Morgan fingerprint density at radius 1 is 1.27 bits per heavy atom. The van der Waals surface area contributed by atoms with Gasteiger partial charge in [0.15, 0.2) is 4.80 Å². The predicted octanol–water partition coefficient (Wildman–Crippen LogP) is 3.73. The Balaban J connectivity index is 2.17. The Bertz CT molecular complexity index is 948. The number of carbonyl (C=O) groups is 1. The number of amides is 1. The van der Waals surface area contributed by atoms with E-state index in [1.807, 2.05) is 34.9 Å². The highest BCUT2D eigenvalue weighted by atomic mass is 35.5. The van der Waals surface area contributed by atoms with Crippen LogP contribution >= 0.6 is 22.9 Å². The fourth-order valence-corrected chi connectivity index (χ4v) is 3.41. The van der Waals surface area contributed by atoms with E-state index in [1.54, 1.807) is 18.2 Å². The lowest BCUT2D eigenvalue weighted by Crippen LogP contribution is -2.16. The quantitative estimate of drug-likeness (QED) is 0.661. The summed E-state index contributed by atoms with van der Waals surface area (Å²) in [7, 11) is 0. The van der Waals surface area contributed by atoms with Gasteiger partial charge in [-0.3, -0.25) is 4.79 Å². The van der Waals surface area contributed by atoms with Gasteiger partial charge in [-0.05, 0) is 30.3 Å². The molecule has 0 aliphatic carbocycles. The number of aromatic nitrogens is 1. The Kier molecular flexibility index (Phi) is 4.10. The zero-order valence-electron chi connectivity index (χ0n) is 11.5. The number of fused-ring (bicyclic) bond motifs is 1. The van der Waals surface area contributed by atoms with Crippen LogP contribution in [-0.4, -0.2) is 10.5 Å². The minimum atomic E-state index is -0.288. The third kappa shape index (κ3) is 2.82. The van der Waals surface area contributed by atoms with Gasteiger partial charge in [0.25, 0.3) is 5.91 Å². The van der Waals surface area contributed by atoms with Crippen molar-refractivity contribution >= 4 is 39.1 Å². The molecule has 0 saturated heterocycles. The lowest BCUT2D eigenvalue weighted by molar-refractivity contribution is 0.0998. The maximum Gasteiger partial charge on any atom is 0.279 e. The molecule has 0 fully saturated rings. The van der Waals surface area contributed by atoms with Crippen molar-refractivity contribution in [2.45, 2.75) is 6.54 Å². The number of nitrogens with zero attached hydrogens (tertiary/aromatic N) is 2. The van der Waals surface area contributed by atoms with Crippen molar-refractivity contribution in [2.24, 2.45) is 4.99 Å². The first-order valence-corrected chi connectivity index (χ1v) is 7.75. The van der Waals surface area contributed by atoms with E-state index in [0.717, 1.165) is 10.2 Å². The topological polar surface area (TPSA) is 34.4 Å². The van der Waals surface area contributed by atoms with E-state index in [0.29, 0.717) is 21.9 Å². The van der Waals surface area contributed by atoms with Gasteiger partial charge in [-0.15, -0.1) is 6.42 Å². The van der Waals surface area contributed by atoms with Crippen LogP contribution in [0.3, 0.4) is 0 Å². The molecule has 0 atom stereocenters. The molecule has 1 heterocycles. The van der Waals surface area contributed by atoms with Crippen molar-refractivity contribution in [2.75, 3.05) is 0 Å². The first kappa shape index (κ1) is 14.6. The number of benzene rings is 2. The highest BCUT2D eigenvalue weighted by Gasteiger charge is 2.08. The van der Waals surface area contributed by atoms with Crippen LogP contribution in [0.25, 0.3) is 10.2 Å². The Labute approximate surface area is 136 Å². The van der Waals surface area contributed by atoms with Gasteiger partial charge < -0.3 is 4.57 Å². The van der Waals surface area contributed by atoms with E-state index >= 15 is 0 Å². The molecule has 0 radical (unpaired) electrons. The minimum absolute atomic E-state index is 0.288. The summed E-state index contributed by atoms with van der Waals surface area (Å²) in [6.07, 6.45) is 5.43. The van der Waals surface area contributed by atoms with Crippen LogP contribution in [0, 0.1) is 12.3 Å². The smallest absolute Gasteiger partial charge is 0.279 e. The average molecular weight is 327 g/mol. The van der Waals surface area contributed by atoms with Gasteiger partial charge in [0.2, 0.25) is 0 Å². The molecular weight excluding hydrogens is 316 g/mol. The van der Waals surface area contributed by atoms with Crippen molar-refractivity contribution in [3.63, 3.8) is 0 Å². The highest BCUT2D eigenvalue weighted by molar-refractivity contribution is 7.16. The summed E-state index contributed by atoms with van der Waals surface area (Å²) in [5.74, 6) is 2.31. The second kappa shape index (κ2) is 6.18. The molecule has 3 nitrogen and oxygen atoms in total. The van der Waals surface area contributed by atoms with Gasteiger partial charge in [-0.1, -0.05) is 47.1 Å². The zero-order chi connectivity index (χ0) is 15.5. The monoisotopic (exact) mass is 326 g/mol. The number of thiazole rings is 1. The second-order valence-corrected chi connectivity index (χ2v) is 6.02. The van der Waals surface area contributed by atoms with Crippen molar-refractivity contribution in [3.05, 3.63) is 63.9 Å². The molecule has 1 amide bonds. The first-order chi connectivity index (χ1) is 10.7. The van der Waals surface area contributed by atoms with Crippen LogP contribution in [0.5, 0.6) is 0 Å². The third-order valence-electron chi connectivity index (χ3n) is 3.11. The molecule has 2 aromatic carbocycles. The van der Waals surface area contributed by atoms with E-state index in [9.17, 15) is 4.79 Å². The maximum atomic E-state index is 12.3. The molecule has 0 N–H and O–H groups in total. The van der Waals surface area contributed by atoms with Crippen LogP contribution in [0.1, 0.15) is 10.4 Å². The summed E-state index contributed by atoms with van der Waals surface area (Å²) >= 11 is 7.41. The molecule has 0 bridgehead atoms. The van der Waals surface area contributed by atoms with E-state index in [4.69, 9.17) is 18.0 Å². The lowest BCUT2D eigenvalue weighted by Gasteiger charge is -1.99. The predicted molar refractivity (Wildman–Crippen MR) is 90.0 cm³/mol. The summed E-state index contributed by atoms with van der Waals surface area (Å²) in [6.45, 7) is 0.350. The molecule has 5 heteroatoms. The summed E-state index contributed by atoms with van der Waals surface area (Å²) in [5.41, 5.74) is 1.47. The molecular formula is C17H11ClN2OS. The zero-order valence-corrected chi connectivity index (χ0v) is 13.1. The van der Waals surface area contributed by atoms with E-state index < -0.39 is 0 Å². The van der Waals surface area contributed by atoms with Gasteiger partial charge >= 0.3 is 0 Å².